The van der Waals surface area contributed by atoms with Crippen molar-refractivity contribution in [2.45, 2.75) is 44.0 Å². The summed E-state index contributed by atoms with van der Waals surface area (Å²) in [5.74, 6) is -0.247. The van der Waals surface area contributed by atoms with E-state index in [0.29, 0.717) is 6.10 Å². The molecule has 17 heavy (non-hydrogen) atoms. The summed E-state index contributed by atoms with van der Waals surface area (Å²) in [4.78, 5) is 2.19. The van der Waals surface area contributed by atoms with Gasteiger partial charge in [-0.25, -0.2) is 0 Å². The SMILES string of the molecule is CN(C)CCCOC1CCC2(CC1)OCCO2. The van der Waals surface area contributed by atoms with Crippen LogP contribution in [0.15, 0.2) is 0 Å². The van der Waals surface area contributed by atoms with Crippen LogP contribution in [0.4, 0.5) is 0 Å². The Morgan fingerprint density at radius 2 is 1.82 bits per heavy atom. The zero-order chi connectivity index (χ0) is 12.1. The summed E-state index contributed by atoms with van der Waals surface area (Å²) in [6.45, 7) is 3.49. The number of hydrogen-bond acceptors (Lipinski definition) is 4. The molecule has 0 aromatic rings. The molecule has 1 spiro atoms. The Labute approximate surface area is 104 Å². The van der Waals surface area contributed by atoms with E-state index in [0.717, 1.165) is 58.5 Å². The van der Waals surface area contributed by atoms with Gasteiger partial charge in [0.2, 0.25) is 0 Å². The second-order valence-electron chi connectivity index (χ2n) is 5.33. The molecule has 100 valence electrons. The molecule has 0 amide bonds. The minimum Gasteiger partial charge on any atom is -0.378 e. The Hall–Kier alpha value is -0.160. The third-order valence-electron chi connectivity index (χ3n) is 3.61. The number of rotatable bonds is 5. The van der Waals surface area contributed by atoms with Gasteiger partial charge in [0.05, 0.1) is 19.3 Å². The van der Waals surface area contributed by atoms with Crippen LogP contribution in [0.3, 0.4) is 0 Å². The topological polar surface area (TPSA) is 30.9 Å². The van der Waals surface area contributed by atoms with Gasteiger partial charge in [0, 0.05) is 19.4 Å². The number of nitrogens with zero attached hydrogens (tertiary/aromatic N) is 1. The van der Waals surface area contributed by atoms with E-state index in [1.165, 1.54) is 0 Å². The monoisotopic (exact) mass is 243 g/mol. The lowest BCUT2D eigenvalue weighted by Gasteiger charge is -2.35. The summed E-state index contributed by atoms with van der Waals surface area (Å²) < 4.78 is 17.3. The van der Waals surface area contributed by atoms with Gasteiger partial charge in [-0.15, -0.1) is 0 Å². The molecular formula is C13H25NO3. The van der Waals surface area contributed by atoms with Crippen molar-refractivity contribution >= 4 is 0 Å². The van der Waals surface area contributed by atoms with E-state index in [2.05, 4.69) is 19.0 Å². The smallest absolute Gasteiger partial charge is 0.168 e. The highest BCUT2D eigenvalue weighted by Crippen LogP contribution is 2.36. The minimum absolute atomic E-state index is 0.247. The first-order chi connectivity index (χ1) is 8.20. The quantitative estimate of drug-likeness (QED) is 0.687. The van der Waals surface area contributed by atoms with Gasteiger partial charge in [0.25, 0.3) is 0 Å². The minimum atomic E-state index is -0.247. The Morgan fingerprint density at radius 3 is 2.41 bits per heavy atom. The van der Waals surface area contributed by atoms with E-state index in [4.69, 9.17) is 14.2 Å². The zero-order valence-corrected chi connectivity index (χ0v) is 11.1. The first-order valence-corrected chi connectivity index (χ1v) is 6.74. The van der Waals surface area contributed by atoms with E-state index in [1.54, 1.807) is 0 Å². The Bertz CT molecular complexity index is 217. The molecule has 1 aliphatic heterocycles. The second kappa shape index (κ2) is 6.14. The zero-order valence-electron chi connectivity index (χ0n) is 11.1. The number of ether oxygens (including phenoxy) is 3. The van der Waals surface area contributed by atoms with Crippen LogP contribution in [0.5, 0.6) is 0 Å². The van der Waals surface area contributed by atoms with Crippen LogP contribution >= 0.6 is 0 Å². The molecule has 0 unspecified atom stereocenters. The van der Waals surface area contributed by atoms with E-state index in [1.807, 2.05) is 0 Å². The van der Waals surface area contributed by atoms with E-state index in [9.17, 15) is 0 Å². The largest absolute Gasteiger partial charge is 0.378 e. The van der Waals surface area contributed by atoms with Crippen LogP contribution < -0.4 is 0 Å². The highest BCUT2D eigenvalue weighted by atomic mass is 16.7. The third kappa shape index (κ3) is 3.91. The van der Waals surface area contributed by atoms with Gasteiger partial charge in [-0.3, -0.25) is 0 Å². The van der Waals surface area contributed by atoms with Crippen molar-refractivity contribution in [3.63, 3.8) is 0 Å². The molecule has 0 aromatic carbocycles. The van der Waals surface area contributed by atoms with Crippen molar-refractivity contribution in [2.75, 3.05) is 40.5 Å². The van der Waals surface area contributed by atoms with E-state index >= 15 is 0 Å². The predicted octanol–water partition coefficient (Wildman–Crippen LogP) is 1.64. The molecule has 2 aliphatic rings. The average Bonchev–Trinajstić information content (AvgIpc) is 2.75. The molecule has 4 nitrogen and oxygen atoms in total. The van der Waals surface area contributed by atoms with Gasteiger partial charge < -0.3 is 19.1 Å². The van der Waals surface area contributed by atoms with Crippen LogP contribution in [0.25, 0.3) is 0 Å². The van der Waals surface area contributed by atoms with E-state index < -0.39 is 0 Å². The van der Waals surface area contributed by atoms with Crippen molar-refractivity contribution in [1.29, 1.82) is 0 Å². The van der Waals surface area contributed by atoms with Gasteiger partial charge >= 0.3 is 0 Å². The molecule has 0 N–H and O–H groups in total. The Kier molecular flexibility index (Phi) is 4.79. The molecule has 2 fully saturated rings. The summed E-state index contributed by atoms with van der Waals surface area (Å²) >= 11 is 0. The molecule has 0 bridgehead atoms. The van der Waals surface area contributed by atoms with Crippen LogP contribution in [-0.2, 0) is 14.2 Å². The van der Waals surface area contributed by atoms with Gasteiger partial charge in [0.1, 0.15) is 0 Å². The highest BCUT2D eigenvalue weighted by Gasteiger charge is 2.40. The van der Waals surface area contributed by atoms with Gasteiger partial charge in [-0.2, -0.15) is 0 Å². The van der Waals surface area contributed by atoms with Crippen molar-refractivity contribution in [1.82, 2.24) is 4.90 Å². The molecule has 1 heterocycles. The summed E-state index contributed by atoms with van der Waals surface area (Å²) in [6.07, 6.45) is 5.65. The summed E-state index contributed by atoms with van der Waals surface area (Å²) in [5.41, 5.74) is 0. The lowest BCUT2D eigenvalue weighted by atomic mass is 9.92. The van der Waals surface area contributed by atoms with Crippen molar-refractivity contribution in [3.8, 4) is 0 Å². The van der Waals surface area contributed by atoms with Gasteiger partial charge in [-0.1, -0.05) is 0 Å². The van der Waals surface area contributed by atoms with Crippen LogP contribution in [0.2, 0.25) is 0 Å². The maximum absolute atomic E-state index is 5.90. The van der Waals surface area contributed by atoms with Crippen molar-refractivity contribution in [2.24, 2.45) is 0 Å². The van der Waals surface area contributed by atoms with Crippen LogP contribution in [0, 0.1) is 0 Å². The maximum atomic E-state index is 5.90. The molecule has 0 aromatic heterocycles. The summed E-state index contributed by atoms with van der Waals surface area (Å²) in [5, 5.41) is 0. The second-order valence-corrected chi connectivity index (χ2v) is 5.33. The predicted molar refractivity (Wildman–Crippen MR) is 66.0 cm³/mol. The Morgan fingerprint density at radius 1 is 1.18 bits per heavy atom. The fourth-order valence-electron chi connectivity index (χ4n) is 2.61. The van der Waals surface area contributed by atoms with Crippen molar-refractivity contribution in [3.05, 3.63) is 0 Å². The van der Waals surface area contributed by atoms with Crippen molar-refractivity contribution < 1.29 is 14.2 Å². The molecule has 4 heteroatoms. The molecular weight excluding hydrogens is 218 g/mol. The molecule has 1 saturated heterocycles. The Balaban J connectivity index is 1.59. The van der Waals surface area contributed by atoms with Gasteiger partial charge in [-0.05, 0) is 39.9 Å². The molecule has 0 atom stereocenters. The normalized spacial score (nSPS) is 24.9. The lowest BCUT2D eigenvalue weighted by molar-refractivity contribution is -0.191. The average molecular weight is 243 g/mol. The van der Waals surface area contributed by atoms with Crippen LogP contribution in [0.1, 0.15) is 32.1 Å². The van der Waals surface area contributed by atoms with E-state index in [-0.39, 0.29) is 5.79 Å². The fraction of sp³-hybridized carbons (Fsp3) is 1.00. The standard InChI is InChI=1S/C13H25NO3/c1-14(2)8-3-9-15-12-4-6-13(7-5-12)16-10-11-17-13/h12H,3-11H2,1-2H3. The first kappa shape index (κ1) is 13.3. The van der Waals surface area contributed by atoms with Crippen LogP contribution in [-0.4, -0.2) is 57.3 Å². The third-order valence-corrected chi connectivity index (χ3v) is 3.61. The summed E-state index contributed by atoms with van der Waals surface area (Å²) in [7, 11) is 4.19. The molecule has 2 rings (SSSR count). The number of hydrogen-bond donors (Lipinski definition) is 0. The molecule has 1 saturated carbocycles. The highest BCUT2D eigenvalue weighted by molar-refractivity contribution is 4.82. The molecule has 0 radical (unpaired) electrons. The fourth-order valence-corrected chi connectivity index (χ4v) is 2.61. The first-order valence-electron chi connectivity index (χ1n) is 6.74. The molecule has 1 aliphatic carbocycles. The maximum Gasteiger partial charge on any atom is 0.168 e. The van der Waals surface area contributed by atoms with Gasteiger partial charge in [0.15, 0.2) is 5.79 Å². The lowest BCUT2D eigenvalue weighted by Crippen LogP contribution is -2.37. The summed E-state index contributed by atoms with van der Waals surface area (Å²) in [6, 6.07) is 0.